The molecule has 2 aliphatic carbocycles. The van der Waals surface area contributed by atoms with Crippen molar-refractivity contribution in [3.63, 3.8) is 0 Å². The summed E-state index contributed by atoms with van der Waals surface area (Å²) in [5.41, 5.74) is -1.24. The number of nitrogens with one attached hydrogen (secondary N) is 1. The highest BCUT2D eigenvalue weighted by Crippen LogP contribution is 2.51. The number of amides is 2. The molecule has 2 aromatic carbocycles. The number of benzene rings is 2. The smallest absolute Gasteiger partial charge is 0.244 e. The van der Waals surface area contributed by atoms with Gasteiger partial charge in [-0.1, -0.05) is 35.9 Å². The summed E-state index contributed by atoms with van der Waals surface area (Å²) in [6.07, 6.45) is 1.96. The number of nitrogens with zero attached hydrogens (tertiary/aromatic N) is 2. The Morgan fingerprint density at radius 3 is 2.31 bits per heavy atom. The molecule has 35 heavy (non-hydrogen) atoms. The summed E-state index contributed by atoms with van der Waals surface area (Å²) in [5, 5.41) is 11.2. The summed E-state index contributed by atoms with van der Waals surface area (Å²) in [5.74, 6) is -1.32. The van der Waals surface area contributed by atoms with Gasteiger partial charge in [0, 0.05) is 6.54 Å². The zero-order chi connectivity index (χ0) is 25.0. The normalized spacial score (nSPS) is 23.9. The Labute approximate surface area is 207 Å². The lowest BCUT2D eigenvalue weighted by Crippen LogP contribution is -2.51. The molecule has 3 aliphatic rings. The predicted octanol–water partition coefficient (Wildman–Crippen LogP) is 3.13. The lowest BCUT2D eigenvalue weighted by Gasteiger charge is -2.29. The SMILES string of the molecule is N#CC1(NC(=O)C2CC(S(=O)(=O)c3ccccc3Cl)CN2C(=O)C2(c3ccc(F)cc3)CC2)CC1. The summed E-state index contributed by atoms with van der Waals surface area (Å²) in [4.78, 5) is 28.4. The minimum absolute atomic E-state index is 0.0459. The van der Waals surface area contributed by atoms with Gasteiger partial charge in [0.2, 0.25) is 11.8 Å². The average molecular weight is 516 g/mol. The molecule has 1 heterocycles. The molecule has 0 radical (unpaired) electrons. The van der Waals surface area contributed by atoms with Gasteiger partial charge >= 0.3 is 0 Å². The maximum absolute atomic E-state index is 13.8. The highest BCUT2D eigenvalue weighted by molar-refractivity contribution is 7.92. The molecule has 7 nitrogen and oxygen atoms in total. The molecule has 1 saturated heterocycles. The molecule has 10 heteroatoms. The highest BCUT2D eigenvalue weighted by Gasteiger charge is 2.58. The molecular formula is C25H23ClFN3O4S. The number of carbonyl (C=O) groups excluding carboxylic acids is 2. The van der Waals surface area contributed by atoms with E-state index in [1.165, 1.54) is 29.2 Å². The van der Waals surface area contributed by atoms with Crippen LogP contribution in [-0.4, -0.2) is 48.5 Å². The first-order valence-electron chi connectivity index (χ1n) is 11.4. The number of hydrogen-bond donors (Lipinski definition) is 1. The molecule has 5 rings (SSSR count). The van der Waals surface area contributed by atoms with Gasteiger partial charge in [0.05, 0.1) is 26.7 Å². The topological polar surface area (TPSA) is 107 Å². The summed E-state index contributed by atoms with van der Waals surface area (Å²) in [6.45, 7) is -0.174. The van der Waals surface area contributed by atoms with E-state index < -0.39 is 43.8 Å². The van der Waals surface area contributed by atoms with Gasteiger partial charge in [-0.25, -0.2) is 12.8 Å². The van der Waals surface area contributed by atoms with E-state index >= 15 is 0 Å². The molecular weight excluding hydrogens is 493 g/mol. The second kappa shape index (κ2) is 8.32. The van der Waals surface area contributed by atoms with Crippen molar-refractivity contribution < 1.29 is 22.4 Å². The van der Waals surface area contributed by atoms with Crippen molar-refractivity contribution in [2.45, 2.75) is 59.2 Å². The van der Waals surface area contributed by atoms with Gasteiger partial charge in [-0.3, -0.25) is 9.59 Å². The summed E-state index contributed by atoms with van der Waals surface area (Å²) in [6, 6.07) is 12.8. The number of sulfone groups is 1. The number of carbonyl (C=O) groups is 2. The molecule has 2 aromatic rings. The third-order valence-electron chi connectivity index (χ3n) is 7.29. The molecule has 0 aromatic heterocycles. The third-order valence-corrected chi connectivity index (χ3v) is 9.92. The van der Waals surface area contributed by atoms with Crippen molar-refractivity contribution in [1.29, 1.82) is 5.26 Å². The Morgan fingerprint density at radius 1 is 1.09 bits per heavy atom. The first kappa shape index (κ1) is 23.8. The van der Waals surface area contributed by atoms with Crippen LogP contribution >= 0.6 is 11.6 Å². The quantitative estimate of drug-likeness (QED) is 0.636. The maximum atomic E-state index is 13.8. The van der Waals surface area contributed by atoms with Gasteiger partial charge in [0.1, 0.15) is 17.4 Å². The van der Waals surface area contributed by atoms with E-state index in [2.05, 4.69) is 11.4 Å². The van der Waals surface area contributed by atoms with Crippen molar-refractivity contribution in [2.24, 2.45) is 0 Å². The van der Waals surface area contributed by atoms with Crippen LogP contribution in [0.1, 0.15) is 37.7 Å². The number of hydrogen-bond acceptors (Lipinski definition) is 5. The molecule has 3 fully saturated rings. The van der Waals surface area contributed by atoms with Crippen molar-refractivity contribution in [3.05, 3.63) is 64.9 Å². The lowest BCUT2D eigenvalue weighted by atomic mass is 9.94. The van der Waals surface area contributed by atoms with E-state index in [0.29, 0.717) is 31.2 Å². The first-order valence-corrected chi connectivity index (χ1v) is 13.3. The van der Waals surface area contributed by atoms with E-state index in [-0.39, 0.29) is 28.8 Å². The third kappa shape index (κ3) is 4.09. The van der Waals surface area contributed by atoms with Crippen molar-refractivity contribution in [1.82, 2.24) is 10.2 Å². The van der Waals surface area contributed by atoms with E-state index in [1.807, 2.05) is 0 Å². The average Bonchev–Trinajstić information content (AvgIpc) is 3.76. The van der Waals surface area contributed by atoms with Gasteiger partial charge < -0.3 is 10.2 Å². The van der Waals surface area contributed by atoms with E-state index in [4.69, 9.17) is 11.6 Å². The van der Waals surface area contributed by atoms with Gasteiger partial charge in [0.25, 0.3) is 0 Å². The molecule has 2 unspecified atom stereocenters. The summed E-state index contributed by atoms with van der Waals surface area (Å²) < 4.78 is 40.4. The van der Waals surface area contributed by atoms with Crippen LogP contribution in [0.2, 0.25) is 5.02 Å². The van der Waals surface area contributed by atoms with Crippen molar-refractivity contribution in [2.75, 3.05) is 6.54 Å². The van der Waals surface area contributed by atoms with E-state index in [1.54, 1.807) is 24.3 Å². The molecule has 2 atom stereocenters. The van der Waals surface area contributed by atoms with Crippen LogP contribution < -0.4 is 5.32 Å². The largest absolute Gasteiger partial charge is 0.336 e. The van der Waals surface area contributed by atoms with Crippen molar-refractivity contribution >= 4 is 33.3 Å². The molecule has 1 N–H and O–H groups in total. The standard InChI is InChI=1S/C25H23ClFN3O4S/c26-19-3-1-2-4-21(19)35(33,34)18-13-20(22(31)29-24(15-28)9-10-24)30(14-18)23(32)25(11-12-25)16-5-7-17(27)8-6-16/h1-8,18,20H,9-14H2,(H,29,31). The van der Waals surface area contributed by atoms with Gasteiger partial charge in [-0.15, -0.1) is 0 Å². The zero-order valence-electron chi connectivity index (χ0n) is 18.7. The molecule has 2 amide bonds. The first-order chi connectivity index (χ1) is 16.6. The van der Waals surface area contributed by atoms with Crippen molar-refractivity contribution in [3.8, 4) is 6.07 Å². The minimum atomic E-state index is -3.95. The van der Waals surface area contributed by atoms with E-state index in [0.717, 1.165) is 0 Å². The van der Waals surface area contributed by atoms with Crippen LogP contribution in [0.3, 0.4) is 0 Å². The maximum Gasteiger partial charge on any atom is 0.244 e. The van der Waals surface area contributed by atoms with Crippen LogP contribution in [0.25, 0.3) is 0 Å². The van der Waals surface area contributed by atoms with Crippen LogP contribution in [0.15, 0.2) is 53.4 Å². The fourth-order valence-corrected chi connectivity index (χ4v) is 7.07. The monoisotopic (exact) mass is 515 g/mol. The molecule has 0 spiro atoms. The Hall–Kier alpha value is -2.96. The minimum Gasteiger partial charge on any atom is -0.336 e. The van der Waals surface area contributed by atoms with Gasteiger partial charge in [-0.05, 0) is 61.9 Å². The molecule has 2 saturated carbocycles. The van der Waals surface area contributed by atoms with Crippen LogP contribution in [0.5, 0.6) is 0 Å². The van der Waals surface area contributed by atoms with Gasteiger partial charge in [-0.2, -0.15) is 5.26 Å². The Kier molecular flexibility index (Phi) is 5.65. The Bertz CT molecular complexity index is 1350. The lowest BCUT2D eigenvalue weighted by molar-refractivity contribution is -0.140. The molecule has 182 valence electrons. The number of halogens is 2. The van der Waals surface area contributed by atoms with Crippen LogP contribution in [0, 0.1) is 17.1 Å². The predicted molar refractivity (Wildman–Crippen MR) is 126 cm³/mol. The Morgan fingerprint density at radius 2 is 1.74 bits per heavy atom. The molecule has 1 aliphatic heterocycles. The van der Waals surface area contributed by atoms with Gasteiger partial charge in [0.15, 0.2) is 9.84 Å². The number of nitriles is 1. The van der Waals surface area contributed by atoms with E-state index in [9.17, 15) is 27.7 Å². The van der Waals surface area contributed by atoms with Crippen LogP contribution in [-0.2, 0) is 24.8 Å². The Balaban J connectivity index is 1.48. The summed E-state index contributed by atoms with van der Waals surface area (Å²) in [7, 11) is -3.95. The summed E-state index contributed by atoms with van der Waals surface area (Å²) >= 11 is 6.17. The molecule has 0 bridgehead atoms. The fourth-order valence-electron chi connectivity index (χ4n) is 4.85. The second-order valence-corrected chi connectivity index (χ2v) is 12.2. The van der Waals surface area contributed by atoms with Crippen LogP contribution in [0.4, 0.5) is 4.39 Å². The number of likely N-dealkylation sites (tertiary alicyclic amines) is 1. The number of rotatable bonds is 6. The highest BCUT2D eigenvalue weighted by atomic mass is 35.5. The zero-order valence-corrected chi connectivity index (χ0v) is 20.3. The fraction of sp³-hybridized carbons (Fsp3) is 0.400. The second-order valence-electron chi connectivity index (χ2n) is 9.58.